The Labute approximate surface area is 104 Å². The number of nitrogen functional groups attached to an aromatic ring is 1. The summed E-state index contributed by atoms with van der Waals surface area (Å²) in [6.07, 6.45) is 0. The quantitative estimate of drug-likeness (QED) is 0.635. The third-order valence-corrected chi connectivity index (χ3v) is 2.65. The standard InChI is InChI=1S/C12H14FN5/c1-7-16-8(2)18(17-7)6-10-4-3-9(12(14)15)5-11(10)13/h3-5H,6H2,1-2H3,(H3,14,15). The molecule has 94 valence electrons. The van der Waals surface area contributed by atoms with Crippen LogP contribution in [0, 0.1) is 25.1 Å². The minimum atomic E-state index is -0.393. The van der Waals surface area contributed by atoms with Crippen molar-refractivity contribution in [3.63, 3.8) is 0 Å². The van der Waals surface area contributed by atoms with Crippen molar-refractivity contribution >= 4 is 5.84 Å². The van der Waals surface area contributed by atoms with Gasteiger partial charge < -0.3 is 5.73 Å². The lowest BCUT2D eigenvalue weighted by Crippen LogP contribution is -2.12. The highest BCUT2D eigenvalue weighted by atomic mass is 19.1. The molecule has 1 aromatic carbocycles. The van der Waals surface area contributed by atoms with Gasteiger partial charge in [-0.15, -0.1) is 0 Å². The highest BCUT2D eigenvalue weighted by Gasteiger charge is 2.09. The van der Waals surface area contributed by atoms with Crippen LogP contribution in [0.4, 0.5) is 4.39 Å². The zero-order valence-corrected chi connectivity index (χ0v) is 10.2. The van der Waals surface area contributed by atoms with Crippen molar-refractivity contribution in [1.82, 2.24) is 14.8 Å². The SMILES string of the molecule is Cc1nc(C)n(Cc2ccc(C(=N)N)cc2F)n1. The zero-order valence-electron chi connectivity index (χ0n) is 10.2. The maximum atomic E-state index is 13.8. The molecular weight excluding hydrogens is 233 g/mol. The fourth-order valence-corrected chi connectivity index (χ4v) is 1.72. The summed E-state index contributed by atoms with van der Waals surface area (Å²) in [5, 5.41) is 11.4. The van der Waals surface area contributed by atoms with Crippen LogP contribution in [0.5, 0.6) is 0 Å². The molecule has 5 nitrogen and oxygen atoms in total. The Bertz CT molecular complexity index is 603. The number of hydrogen-bond donors (Lipinski definition) is 2. The molecule has 0 atom stereocenters. The van der Waals surface area contributed by atoms with Gasteiger partial charge in [0.15, 0.2) is 0 Å². The summed E-state index contributed by atoms with van der Waals surface area (Å²) in [4.78, 5) is 4.16. The van der Waals surface area contributed by atoms with Gasteiger partial charge >= 0.3 is 0 Å². The maximum Gasteiger partial charge on any atom is 0.147 e. The minimum Gasteiger partial charge on any atom is -0.384 e. The van der Waals surface area contributed by atoms with Gasteiger partial charge in [-0.2, -0.15) is 5.10 Å². The maximum absolute atomic E-state index is 13.8. The van der Waals surface area contributed by atoms with E-state index < -0.39 is 5.82 Å². The highest BCUT2D eigenvalue weighted by molar-refractivity contribution is 5.94. The Morgan fingerprint density at radius 1 is 1.44 bits per heavy atom. The van der Waals surface area contributed by atoms with Crippen molar-refractivity contribution in [3.05, 3.63) is 46.8 Å². The molecule has 1 heterocycles. The largest absolute Gasteiger partial charge is 0.384 e. The molecule has 0 bridgehead atoms. The van der Waals surface area contributed by atoms with Gasteiger partial charge in [0, 0.05) is 11.1 Å². The first-order chi connectivity index (χ1) is 8.47. The minimum absolute atomic E-state index is 0.145. The molecule has 0 saturated heterocycles. The van der Waals surface area contributed by atoms with Gasteiger partial charge in [0.05, 0.1) is 6.54 Å². The van der Waals surface area contributed by atoms with Gasteiger partial charge in [0.25, 0.3) is 0 Å². The Morgan fingerprint density at radius 3 is 2.67 bits per heavy atom. The van der Waals surface area contributed by atoms with Crippen LogP contribution in [0.2, 0.25) is 0 Å². The van der Waals surface area contributed by atoms with Gasteiger partial charge in [0.2, 0.25) is 0 Å². The molecule has 0 amide bonds. The van der Waals surface area contributed by atoms with E-state index in [0.29, 0.717) is 23.5 Å². The van der Waals surface area contributed by atoms with Crippen molar-refractivity contribution in [2.24, 2.45) is 5.73 Å². The predicted molar refractivity (Wildman–Crippen MR) is 66.0 cm³/mol. The second kappa shape index (κ2) is 4.56. The van der Waals surface area contributed by atoms with Crippen LogP contribution >= 0.6 is 0 Å². The highest BCUT2D eigenvalue weighted by Crippen LogP contribution is 2.12. The molecule has 0 unspecified atom stereocenters. The van der Waals surface area contributed by atoms with E-state index in [0.717, 1.165) is 5.82 Å². The number of halogens is 1. The molecule has 0 aliphatic carbocycles. The van der Waals surface area contributed by atoms with Gasteiger partial charge in [-0.3, -0.25) is 5.41 Å². The van der Waals surface area contributed by atoms with E-state index in [9.17, 15) is 4.39 Å². The van der Waals surface area contributed by atoms with Crippen molar-refractivity contribution in [2.75, 3.05) is 0 Å². The van der Waals surface area contributed by atoms with E-state index in [1.807, 2.05) is 6.92 Å². The Morgan fingerprint density at radius 2 is 2.17 bits per heavy atom. The summed E-state index contributed by atoms with van der Waals surface area (Å²) >= 11 is 0. The average molecular weight is 247 g/mol. The number of rotatable bonds is 3. The zero-order chi connectivity index (χ0) is 13.3. The van der Waals surface area contributed by atoms with E-state index in [1.54, 1.807) is 23.7 Å². The van der Waals surface area contributed by atoms with Crippen LogP contribution < -0.4 is 5.73 Å². The number of hydrogen-bond acceptors (Lipinski definition) is 3. The molecule has 2 aromatic rings. The Balaban J connectivity index is 2.30. The molecule has 2 rings (SSSR count). The molecule has 0 fully saturated rings. The second-order valence-electron chi connectivity index (χ2n) is 4.08. The molecule has 0 aliphatic rings. The summed E-state index contributed by atoms with van der Waals surface area (Å²) in [7, 11) is 0. The topological polar surface area (TPSA) is 80.6 Å². The summed E-state index contributed by atoms with van der Waals surface area (Å²) < 4.78 is 15.5. The lowest BCUT2D eigenvalue weighted by Gasteiger charge is -2.06. The van der Waals surface area contributed by atoms with E-state index in [4.69, 9.17) is 11.1 Å². The molecule has 3 N–H and O–H groups in total. The summed E-state index contributed by atoms with van der Waals surface area (Å²) in [5.74, 6) is 0.860. The van der Waals surface area contributed by atoms with Crippen molar-refractivity contribution in [2.45, 2.75) is 20.4 Å². The molecule has 6 heteroatoms. The third-order valence-electron chi connectivity index (χ3n) is 2.65. The molecule has 18 heavy (non-hydrogen) atoms. The van der Waals surface area contributed by atoms with Crippen molar-refractivity contribution in [3.8, 4) is 0 Å². The van der Waals surface area contributed by atoms with Crippen LogP contribution in [-0.4, -0.2) is 20.6 Å². The molecule has 0 saturated carbocycles. The summed E-state index contributed by atoms with van der Waals surface area (Å²) in [6, 6.07) is 4.50. The molecule has 0 aliphatic heterocycles. The third kappa shape index (κ3) is 2.37. The lowest BCUT2D eigenvalue weighted by molar-refractivity contribution is 0.577. The fraction of sp³-hybridized carbons (Fsp3) is 0.250. The number of amidine groups is 1. The normalized spacial score (nSPS) is 10.6. The fourth-order valence-electron chi connectivity index (χ4n) is 1.72. The van der Waals surface area contributed by atoms with Gasteiger partial charge in [-0.25, -0.2) is 14.1 Å². The Kier molecular flexibility index (Phi) is 3.10. The predicted octanol–water partition coefficient (Wildman–Crippen LogP) is 1.37. The number of nitrogens with one attached hydrogen (secondary N) is 1. The second-order valence-corrected chi connectivity index (χ2v) is 4.08. The lowest BCUT2D eigenvalue weighted by atomic mass is 10.1. The number of nitrogens with two attached hydrogens (primary N) is 1. The average Bonchev–Trinajstić information content (AvgIpc) is 2.60. The number of benzene rings is 1. The molecule has 0 radical (unpaired) electrons. The van der Waals surface area contributed by atoms with E-state index in [2.05, 4.69) is 10.1 Å². The van der Waals surface area contributed by atoms with Gasteiger partial charge in [-0.05, 0) is 19.9 Å². The molecular formula is C12H14FN5. The van der Waals surface area contributed by atoms with Crippen LogP contribution in [0.15, 0.2) is 18.2 Å². The Hall–Kier alpha value is -2.24. The molecule has 1 aromatic heterocycles. The van der Waals surface area contributed by atoms with Gasteiger partial charge in [-0.1, -0.05) is 12.1 Å². The van der Waals surface area contributed by atoms with E-state index in [-0.39, 0.29) is 5.84 Å². The number of aryl methyl sites for hydroxylation is 2. The number of aromatic nitrogens is 3. The van der Waals surface area contributed by atoms with Gasteiger partial charge in [0.1, 0.15) is 23.3 Å². The van der Waals surface area contributed by atoms with Crippen LogP contribution in [0.1, 0.15) is 22.8 Å². The smallest absolute Gasteiger partial charge is 0.147 e. The number of nitrogens with zero attached hydrogens (tertiary/aromatic N) is 3. The first-order valence-electron chi connectivity index (χ1n) is 5.48. The monoisotopic (exact) mass is 247 g/mol. The van der Waals surface area contributed by atoms with Crippen molar-refractivity contribution < 1.29 is 4.39 Å². The van der Waals surface area contributed by atoms with Crippen LogP contribution in [0.25, 0.3) is 0 Å². The van der Waals surface area contributed by atoms with Crippen LogP contribution in [-0.2, 0) is 6.54 Å². The van der Waals surface area contributed by atoms with E-state index in [1.165, 1.54) is 6.07 Å². The molecule has 0 spiro atoms. The van der Waals surface area contributed by atoms with E-state index >= 15 is 0 Å². The first kappa shape index (κ1) is 12.2. The summed E-state index contributed by atoms with van der Waals surface area (Å²) in [6.45, 7) is 3.93. The first-order valence-corrected chi connectivity index (χ1v) is 5.48. The summed E-state index contributed by atoms with van der Waals surface area (Å²) in [5.41, 5.74) is 6.17. The van der Waals surface area contributed by atoms with Crippen molar-refractivity contribution in [1.29, 1.82) is 5.41 Å². The van der Waals surface area contributed by atoms with Crippen LogP contribution in [0.3, 0.4) is 0 Å².